The minimum atomic E-state index is -1.25. The smallest absolute Gasteiger partial charge is 0.326 e. The van der Waals surface area contributed by atoms with E-state index in [0.29, 0.717) is 0 Å². The lowest BCUT2D eigenvalue weighted by Crippen LogP contribution is -2.58. The van der Waals surface area contributed by atoms with Crippen LogP contribution in [0.25, 0.3) is 0 Å². The number of carboxylic acid groups (broad SMARTS) is 1. The van der Waals surface area contributed by atoms with Gasteiger partial charge in [-0.3, -0.25) is 19.2 Å². The van der Waals surface area contributed by atoms with Crippen LogP contribution in [0.4, 0.5) is 0 Å². The summed E-state index contributed by atoms with van der Waals surface area (Å²) in [6.45, 7) is 3.72. The van der Waals surface area contributed by atoms with Crippen LogP contribution in [0.3, 0.4) is 0 Å². The molecular formula is C28H37N5O6. The number of hydrogen-bond acceptors (Lipinski definition) is 6. The molecule has 4 unspecified atom stereocenters. The predicted octanol–water partition coefficient (Wildman–Crippen LogP) is 0.260. The van der Waals surface area contributed by atoms with Crippen molar-refractivity contribution in [3.63, 3.8) is 0 Å². The van der Waals surface area contributed by atoms with Crippen LogP contribution >= 0.6 is 0 Å². The van der Waals surface area contributed by atoms with Crippen molar-refractivity contribution in [3.8, 4) is 0 Å². The maximum atomic E-state index is 13.4. The first-order valence-electron chi connectivity index (χ1n) is 12.7. The normalized spacial score (nSPS) is 13.9. The van der Waals surface area contributed by atoms with Gasteiger partial charge in [0.1, 0.15) is 18.1 Å². The van der Waals surface area contributed by atoms with Crippen LogP contribution in [0, 0.1) is 5.92 Å². The molecule has 0 aliphatic carbocycles. The number of nitrogens with two attached hydrogens (primary N) is 2. The van der Waals surface area contributed by atoms with E-state index in [1.165, 1.54) is 0 Å². The topological polar surface area (TPSA) is 194 Å². The van der Waals surface area contributed by atoms with Crippen molar-refractivity contribution < 1.29 is 29.1 Å². The van der Waals surface area contributed by atoms with E-state index in [0.717, 1.165) is 11.1 Å². The summed E-state index contributed by atoms with van der Waals surface area (Å²) in [6.07, 6.45) is -0.0253. The van der Waals surface area contributed by atoms with Gasteiger partial charge in [-0.05, 0) is 23.5 Å². The molecule has 0 saturated carbocycles. The van der Waals surface area contributed by atoms with Crippen molar-refractivity contribution in [2.75, 3.05) is 0 Å². The van der Waals surface area contributed by atoms with Gasteiger partial charge in [-0.1, -0.05) is 74.5 Å². The largest absolute Gasteiger partial charge is 0.480 e. The molecule has 0 spiro atoms. The molecule has 2 aromatic carbocycles. The zero-order valence-corrected chi connectivity index (χ0v) is 22.1. The second-order valence-electron chi connectivity index (χ2n) is 9.81. The second kappa shape index (κ2) is 15.2. The van der Waals surface area contributed by atoms with Crippen LogP contribution in [-0.2, 0) is 36.8 Å². The molecule has 0 saturated heterocycles. The Balaban J connectivity index is 2.21. The van der Waals surface area contributed by atoms with Gasteiger partial charge < -0.3 is 32.5 Å². The Morgan fingerprint density at radius 3 is 1.62 bits per heavy atom. The Morgan fingerprint density at radius 2 is 1.15 bits per heavy atom. The number of hydrogen-bond donors (Lipinski definition) is 6. The summed E-state index contributed by atoms with van der Waals surface area (Å²) in [4.78, 5) is 62.3. The predicted molar refractivity (Wildman–Crippen MR) is 145 cm³/mol. The molecule has 0 aliphatic heterocycles. The molecule has 2 aromatic rings. The van der Waals surface area contributed by atoms with Crippen LogP contribution in [0.5, 0.6) is 0 Å². The third-order valence-electron chi connectivity index (χ3n) is 5.91. The Morgan fingerprint density at radius 1 is 0.718 bits per heavy atom. The summed E-state index contributed by atoms with van der Waals surface area (Å²) in [6, 6.07) is 13.1. The fourth-order valence-electron chi connectivity index (χ4n) is 3.94. The van der Waals surface area contributed by atoms with Gasteiger partial charge in [-0.15, -0.1) is 0 Å². The van der Waals surface area contributed by atoms with Gasteiger partial charge in [-0.25, -0.2) is 4.79 Å². The second-order valence-corrected chi connectivity index (χ2v) is 9.81. The summed E-state index contributed by atoms with van der Waals surface area (Å²) in [5.41, 5.74) is 12.4. The van der Waals surface area contributed by atoms with Gasteiger partial charge in [0.2, 0.25) is 23.6 Å². The minimum absolute atomic E-state index is 0.0235. The summed E-state index contributed by atoms with van der Waals surface area (Å²) in [5, 5.41) is 17.5. The standard InChI is InChI=1S/C28H37N5O6/c1-17(2)13-21(26(36)33-23(28(38)39)15-19-11-7-4-8-12-19)32-27(37)22(14-18-9-5-3-6-10-18)31-25(35)20(29)16-24(30)34/h3-12,17,20-23H,13-16,29H2,1-2H3,(H2,30,34)(H,31,35)(H,32,37)(H,33,36)(H,38,39). The van der Waals surface area contributed by atoms with Gasteiger partial charge in [-0.2, -0.15) is 0 Å². The van der Waals surface area contributed by atoms with E-state index in [-0.39, 0.29) is 25.2 Å². The van der Waals surface area contributed by atoms with Gasteiger partial charge >= 0.3 is 5.97 Å². The van der Waals surface area contributed by atoms with Crippen LogP contribution in [-0.4, -0.2) is 58.9 Å². The monoisotopic (exact) mass is 539 g/mol. The summed E-state index contributed by atoms with van der Waals surface area (Å²) in [7, 11) is 0. The van der Waals surface area contributed by atoms with Crippen molar-refractivity contribution in [3.05, 3.63) is 71.8 Å². The minimum Gasteiger partial charge on any atom is -0.480 e. The number of nitrogens with one attached hydrogen (secondary N) is 3. The van der Waals surface area contributed by atoms with Gasteiger partial charge in [0, 0.05) is 12.8 Å². The van der Waals surface area contributed by atoms with E-state index < -0.39 is 60.2 Å². The summed E-state index contributed by atoms with van der Waals surface area (Å²) < 4.78 is 0. The first-order valence-corrected chi connectivity index (χ1v) is 12.7. The van der Waals surface area contributed by atoms with E-state index >= 15 is 0 Å². The fourth-order valence-corrected chi connectivity index (χ4v) is 3.94. The highest BCUT2D eigenvalue weighted by molar-refractivity contribution is 5.95. The lowest BCUT2D eigenvalue weighted by molar-refractivity contribution is -0.142. The Hall–Kier alpha value is -4.25. The summed E-state index contributed by atoms with van der Waals surface area (Å²) >= 11 is 0. The molecule has 4 atom stereocenters. The van der Waals surface area contributed by atoms with Crippen molar-refractivity contribution in [2.24, 2.45) is 17.4 Å². The van der Waals surface area contributed by atoms with Crippen LogP contribution in [0.2, 0.25) is 0 Å². The van der Waals surface area contributed by atoms with Crippen LogP contribution in [0.1, 0.15) is 37.8 Å². The van der Waals surface area contributed by atoms with E-state index in [1.54, 1.807) is 60.7 Å². The molecular weight excluding hydrogens is 502 g/mol. The number of rotatable bonds is 15. The molecule has 39 heavy (non-hydrogen) atoms. The molecule has 4 amide bonds. The Kier molecular flexibility index (Phi) is 12.1. The highest BCUT2D eigenvalue weighted by atomic mass is 16.4. The van der Waals surface area contributed by atoms with Crippen molar-refractivity contribution in [1.82, 2.24) is 16.0 Å². The first kappa shape index (κ1) is 31.0. The lowest BCUT2D eigenvalue weighted by atomic mass is 10.00. The molecule has 0 heterocycles. The molecule has 210 valence electrons. The maximum Gasteiger partial charge on any atom is 0.326 e. The molecule has 0 fully saturated rings. The Bertz CT molecular complexity index is 1130. The SMILES string of the molecule is CC(C)CC(NC(=O)C(Cc1ccccc1)NC(=O)C(N)CC(N)=O)C(=O)NC(Cc1ccccc1)C(=O)O. The number of benzene rings is 2. The zero-order chi connectivity index (χ0) is 28.9. The van der Waals surface area contributed by atoms with E-state index in [1.807, 2.05) is 13.8 Å². The highest BCUT2D eigenvalue weighted by Crippen LogP contribution is 2.10. The number of aliphatic carboxylic acids is 1. The average molecular weight is 540 g/mol. The molecule has 0 aliphatic rings. The average Bonchev–Trinajstić information content (AvgIpc) is 2.87. The van der Waals surface area contributed by atoms with Crippen molar-refractivity contribution in [1.29, 1.82) is 0 Å². The third-order valence-corrected chi connectivity index (χ3v) is 5.91. The molecule has 0 aromatic heterocycles. The fraction of sp³-hybridized carbons (Fsp3) is 0.393. The quantitative estimate of drug-likeness (QED) is 0.187. The number of amides is 4. The lowest BCUT2D eigenvalue weighted by Gasteiger charge is -2.26. The Labute approximate surface area is 227 Å². The molecule has 2 rings (SSSR count). The number of primary amides is 1. The number of carboxylic acids is 1. The van der Waals surface area contributed by atoms with E-state index in [4.69, 9.17) is 11.5 Å². The third kappa shape index (κ3) is 10.9. The number of carbonyl (C=O) groups excluding carboxylic acids is 4. The van der Waals surface area contributed by atoms with Gasteiger partial charge in [0.15, 0.2) is 0 Å². The maximum absolute atomic E-state index is 13.4. The molecule has 8 N–H and O–H groups in total. The molecule has 11 nitrogen and oxygen atoms in total. The first-order chi connectivity index (χ1) is 18.5. The van der Waals surface area contributed by atoms with Crippen LogP contribution in [0.15, 0.2) is 60.7 Å². The van der Waals surface area contributed by atoms with Crippen molar-refractivity contribution in [2.45, 2.75) is 63.7 Å². The summed E-state index contributed by atoms with van der Waals surface area (Å²) in [5.74, 6) is -4.06. The van der Waals surface area contributed by atoms with Crippen molar-refractivity contribution >= 4 is 29.6 Å². The molecule has 0 bridgehead atoms. The van der Waals surface area contributed by atoms with E-state index in [2.05, 4.69) is 16.0 Å². The zero-order valence-electron chi connectivity index (χ0n) is 22.1. The van der Waals surface area contributed by atoms with Gasteiger partial charge in [0.05, 0.1) is 12.5 Å². The molecule has 11 heteroatoms. The molecule has 0 radical (unpaired) electrons. The highest BCUT2D eigenvalue weighted by Gasteiger charge is 2.31. The number of carbonyl (C=O) groups is 5. The van der Waals surface area contributed by atoms with E-state index in [9.17, 15) is 29.1 Å². The van der Waals surface area contributed by atoms with Crippen LogP contribution < -0.4 is 27.4 Å². The van der Waals surface area contributed by atoms with Gasteiger partial charge in [0.25, 0.3) is 0 Å².